The van der Waals surface area contributed by atoms with Crippen LogP contribution in [-0.2, 0) is 24.4 Å². The average molecular weight is 400 g/mol. The largest absolute Gasteiger partial charge is 0.379 e. The molecule has 0 spiro atoms. The van der Waals surface area contributed by atoms with Crippen LogP contribution in [0.4, 0.5) is 0 Å². The van der Waals surface area contributed by atoms with Crippen molar-refractivity contribution < 1.29 is 9.26 Å². The van der Waals surface area contributed by atoms with E-state index in [0.717, 1.165) is 56.8 Å². The van der Waals surface area contributed by atoms with Crippen molar-refractivity contribution in [2.75, 3.05) is 32.8 Å². The van der Waals surface area contributed by atoms with Gasteiger partial charge in [-0.2, -0.15) is 0 Å². The summed E-state index contributed by atoms with van der Waals surface area (Å²) in [7, 11) is 0. The Morgan fingerprint density at radius 1 is 1.17 bits per heavy atom. The molecule has 1 aliphatic rings. The molecule has 1 aromatic heterocycles. The fourth-order valence-corrected chi connectivity index (χ4v) is 3.21. The van der Waals surface area contributed by atoms with Crippen LogP contribution < -0.4 is 10.6 Å². The Morgan fingerprint density at radius 2 is 1.97 bits per heavy atom. The highest BCUT2D eigenvalue weighted by Crippen LogP contribution is 2.14. The maximum atomic E-state index is 5.43. The third-order valence-electron chi connectivity index (χ3n) is 4.86. The number of aliphatic imine (C=N–C) groups is 1. The Bertz CT molecular complexity index is 781. The zero-order valence-corrected chi connectivity index (χ0v) is 17.8. The second kappa shape index (κ2) is 11.0. The third kappa shape index (κ3) is 6.87. The molecule has 1 saturated heterocycles. The molecule has 0 unspecified atom stereocenters. The predicted octanol–water partition coefficient (Wildman–Crippen LogP) is 2.89. The molecule has 7 heteroatoms. The van der Waals surface area contributed by atoms with E-state index in [1.165, 1.54) is 11.1 Å². The van der Waals surface area contributed by atoms with Gasteiger partial charge in [-0.25, -0.2) is 4.99 Å². The molecule has 29 heavy (non-hydrogen) atoms. The molecule has 0 aliphatic carbocycles. The molecule has 0 atom stereocenters. The van der Waals surface area contributed by atoms with Crippen LogP contribution in [0.1, 0.15) is 49.3 Å². The quantitative estimate of drug-likeness (QED) is 0.525. The number of hydrogen-bond acceptors (Lipinski definition) is 5. The Morgan fingerprint density at radius 3 is 2.69 bits per heavy atom. The van der Waals surface area contributed by atoms with Crippen LogP contribution in [0, 0.1) is 0 Å². The third-order valence-corrected chi connectivity index (χ3v) is 4.86. The molecule has 158 valence electrons. The Hall–Kier alpha value is -2.38. The molecule has 0 saturated carbocycles. The first-order valence-electron chi connectivity index (χ1n) is 10.5. The fraction of sp³-hybridized carbons (Fsp3) is 0.545. The molecule has 0 amide bonds. The average Bonchev–Trinajstić information content (AvgIpc) is 3.21. The van der Waals surface area contributed by atoms with Gasteiger partial charge < -0.3 is 19.9 Å². The summed E-state index contributed by atoms with van der Waals surface area (Å²) in [5.41, 5.74) is 3.50. The predicted molar refractivity (Wildman–Crippen MR) is 115 cm³/mol. The van der Waals surface area contributed by atoms with Gasteiger partial charge in [0.25, 0.3) is 0 Å². The van der Waals surface area contributed by atoms with E-state index in [1.54, 1.807) is 0 Å². The lowest BCUT2D eigenvalue weighted by molar-refractivity contribution is 0.0342. The van der Waals surface area contributed by atoms with E-state index in [2.05, 4.69) is 65.7 Å². The number of benzene rings is 1. The van der Waals surface area contributed by atoms with Crippen LogP contribution in [0.2, 0.25) is 0 Å². The number of nitrogens with zero attached hydrogens (tertiary/aromatic N) is 3. The van der Waals surface area contributed by atoms with Gasteiger partial charge in [0, 0.05) is 32.2 Å². The molecule has 1 aliphatic heterocycles. The number of aromatic nitrogens is 1. The topological polar surface area (TPSA) is 74.9 Å². The summed E-state index contributed by atoms with van der Waals surface area (Å²) in [5.74, 6) is 1.94. The standard InChI is InChI=1S/C22H33N5O2/c1-4-23-22(25-15-20-13-21(17(2)3)26-29-20)24-14-18-6-5-7-19(12-18)16-27-8-10-28-11-9-27/h5-7,12-13,17H,4,8-11,14-16H2,1-3H3,(H2,23,24,25). The number of morpholine rings is 1. The molecule has 2 N–H and O–H groups in total. The lowest BCUT2D eigenvalue weighted by Gasteiger charge is -2.26. The zero-order valence-electron chi connectivity index (χ0n) is 17.8. The monoisotopic (exact) mass is 399 g/mol. The number of hydrogen-bond donors (Lipinski definition) is 2. The van der Waals surface area contributed by atoms with Crippen molar-refractivity contribution in [1.29, 1.82) is 0 Å². The van der Waals surface area contributed by atoms with E-state index in [0.29, 0.717) is 19.0 Å². The van der Waals surface area contributed by atoms with Crippen LogP contribution in [-0.4, -0.2) is 48.9 Å². The van der Waals surface area contributed by atoms with Crippen LogP contribution in [0.5, 0.6) is 0 Å². The first-order valence-corrected chi connectivity index (χ1v) is 10.5. The fourth-order valence-electron chi connectivity index (χ4n) is 3.21. The van der Waals surface area contributed by atoms with Crippen molar-refractivity contribution in [1.82, 2.24) is 20.7 Å². The molecule has 7 nitrogen and oxygen atoms in total. The van der Waals surface area contributed by atoms with E-state index in [1.807, 2.05) is 6.07 Å². The van der Waals surface area contributed by atoms with E-state index >= 15 is 0 Å². The van der Waals surface area contributed by atoms with Gasteiger partial charge in [0.1, 0.15) is 0 Å². The van der Waals surface area contributed by atoms with Crippen molar-refractivity contribution >= 4 is 5.96 Å². The molecule has 1 fully saturated rings. The summed E-state index contributed by atoms with van der Waals surface area (Å²) in [4.78, 5) is 7.16. The van der Waals surface area contributed by atoms with Crippen molar-refractivity contribution in [3.8, 4) is 0 Å². The van der Waals surface area contributed by atoms with E-state index in [-0.39, 0.29) is 0 Å². The van der Waals surface area contributed by atoms with E-state index in [4.69, 9.17) is 14.3 Å². The first kappa shape index (κ1) is 21.3. The molecule has 0 bridgehead atoms. The van der Waals surface area contributed by atoms with Gasteiger partial charge >= 0.3 is 0 Å². The second-order valence-corrected chi connectivity index (χ2v) is 7.63. The molecule has 2 aromatic rings. The number of guanidine groups is 1. The summed E-state index contributed by atoms with van der Waals surface area (Å²) in [6, 6.07) is 10.7. The van der Waals surface area contributed by atoms with Crippen LogP contribution in [0.3, 0.4) is 0 Å². The second-order valence-electron chi connectivity index (χ2n) is 7.63. The molecular formula is C22H33N5O2. The zero-order chi connectivity index (χ0) is 20.5. The summed E-state index contributed by atoms with van der Waals surface area (Å²) in [6.45, 7) is 12.9. The van der Waals surface area contributed by atoms with E-state index in [9.17, 15) is 0 Å². The SMILES string of the molecule is CCNC(=NCc1cccc(CN2CCOCC2)c1)NCc1cc(C(C)C)no1. The van der Waals surface area contributed by atoms with Gasteiger partial charge in [-0.3, -0.25) is 4.90 Å². The maximum absolute atomic E-state index is 5.43. The highest BCUT2D eigenvalue weighted by Gasteiger charge is 2.11. The summed E-state index contributed by atoms with van der Waals surface area (Å²) >= 11 is 0. The highest BCUT2D eigenvalue weighted by atomic mass is 16.5. The van der Waals surface area contributed by atoms with Crippen LogP contribution in [0.25, 0.3) is 0 Å². The summed E-state index contributed by atoms with van der Waals surface area (Å²) < 4.78 is 10.8. The van der Waals surface area contributed by atoms with Crippen molar-refractivity contribution in [3.63, 3.8) is 0 Å². The van der Waals surface area contributed by atoms with Crippen molar-refractivity contribution in [3.05, 3.63) is 52.9 Å². The van der Waals surface area contributed by atoms with Gasteiger partial charge in [0.2, 0.25) is 0 Å². The van der Waals surface area contributed by atoms with Crippen molar-refractivity contribution in [2.24, 2.45) is 4.99 Å². The number of nitrogens with one attached hydrogen (secondary N) is 2. The van der Waals surface area contributed by atoms with Gasteiger partial charge in [-0.05, 0) is 24.0 Å². The molecule has 2 heterocycles. The molecule has 1 aromatic carbocycles. The Labute approximate surface area is 173 Å². The lowest BCUT2D eigenvalue weighted by atomic mass is 10.1. The minimum atomic E-state index is 0.360. The van der Waals surface area contributed by atoms with Crippen LogP contribution in [0.15, 0.2) is 39.8 Å². The van der Waals surface area contributed by atoms with Gasteiger partial charge in [0.05, 0.1) is 32.0 Å². The smallest absolute Gasteiger partial charge is 0.191 e. The summed E-state index contributed by atoms with van der Waals surface area (Å²) in [6.07, 6.45) is 0. The Balaban J connectivity index is 1.56. The number of rotatable bonds is 8. The van der Waals surface area contributed by atoms with Gasteiger partial charge in [0.15, 0.2) is 11.7 Å². The van der Waals surface area contributed by atoms with Crippen LogP contribution >= 0.6 is 0 Å². The molecule has 3 rings (SSSR count). The highest BCUT2D eigenvalue weighted by molar-refractivity contribution is 5.79. The van der Waals surface area contributed by atoms with Gasteiger partial charge in [-0.15, -0.1) is 0 Å². The molecular weight excluding hydrogens is 366 g/mol. The van der Waals surface area contributed by atoms with Gasteiger partial charge in [-0.1, -0.05) is 43.3 Å². The van der Waals surface area contributed by atoms with E-state index < -0.39 is 0 Å². The number of ether oxygens (including phenoxy) is 1. The maximum Gasteiger partial charge on any atom is 0.191 e. The minimum absolute atomic E-state index is 0.360. The molecule has 0 radical (unpaired) electrons. The van der Waals surface area contributed by atoms with Crippen molar-refractivity contribution in [2.45, 2.75) is 46.3 Å². The lowest BCUT2D eigenvalue weighted by Crippen LogP contribution is -2.36. The normalized spacial score (nSPS) is 15.7. The minimum Gasteiger partial charge on any atom is -0.379 e. The first-order chi connectivity index (χ1) is 14.1. The Kier molecular flexibility index (Phi) is 8.07. The summed E-state index contributed by atoms with van der Waals surface area (Å²) in [5, 5.41) is 10.7.